The summed E-state index contributed by atoms with van der Waals surface area (Å²) >= 11 is 0. The molecule has 0 spiro atoms. The molecule has 0 fully saturated rings. The highest BCUT2D eigenvalue weighted by Crippen LogP contribution is 2.08. The van der Waals surface area contributed by atoms with Gasteiger partial charge in [-0.2, -0.15) is 0 Å². The van der Waals surface area contributed by atoms with Crippen LogP contribution in [0.2, 0.25) is 0 Å². The zero-order valence-corrected chi connectivity index (χ0v) is 8.98. The lowest BCUT2D eigenvalue weighted by molar-refractivity contribution is -0.870. The monoisotopic (exact) mass is 168 g/mol. The van der Waals surface area contributed by atoms with E-state index in [1.54, 1.807) is 0 Å². The molecule has 0 aliphatic carbocycles. The van der Waals surface area contributed by atoms with Gasteiger partial charge in [0.05, 0.1) is 27.7 Å². The van der Waals surface area contributed by atoms with Crippen LogP contribution in [0.1, 0.15) is 26.2 Å². The maximum Gasteiger partial charge on any atom is 0.0783 e. The first-order valence-electron chi connectivity index (χ1n) is 4.68. The Morgan fingerprint density at radius 1 is 1.33 bits per heavy atom. The van der Waals surface area contributed by atoms with Crippen molar-refractivity contribution >= 4 is 0 Å². The molecule has 12 heavy (non-hydrogen) atoms. The SMILES string of the molecule is C=C=C(CC)CCC[N+](C)(C)C. The molecule has 0 aromatic carbocycles. The third-order valence-electron chi connectivity index (χ3n) is 1.98. The molecule has 0 N–H and O–H groups in total. The predicted molar refractivity (Wildman–Crippen MR) is 55.1 cm³/mol. The minimum atomic E-state index is 1.05. The molecule has 1 heteroatoms. The van der Waals surface area contributed by atoms with Gasteiger partial charge in [0, 0.05) is 6.42 Å². The Labute approximate surface area is 77.0 Å². The lowest BCUT2D eigenvalue weighted by Gasteiger charge is -2.23. The predicted octanol–water partition coefficient (Wildman–Crippen LogP) is 2.59. The maximum absolute atomic E-state index is 3.68. The van der Waals surface area contributed by atoms with Crippen LogP contribution in [0.3, 0.4) is 0 Å². The topological polar surface area (TPSA) is 0 Å². The molecular weight excluding hydrogens is 146 g/mol. The Morgan fingerprint density at radius 2 is 1.92 bits per heavy atom. The smallest absolute Gasteiger partial charge is 0.0783 e. The first-order chi connectivity index (χ1) is 5.49. The average molecular weight is 168 g/mol. The van der Waals surface area contributed by atoms with Crippen molar-refractivity contribution in [3.8, 4) is 0 Å². The molecule has 0 rings (SSSR count). The van der Waals surface area contributed by atoms with E-state index in [0.29, 0.717) is 0 Å². The fourth-order valence-corrected chi connectivity index (χ4v) is 1.16. The lowest BCUT2D eigenvalue weighted by atomic mass is 10.1. The Hall–Kier alpha value is -0.520. The van der Waals surface area contributed by atoms with Crippen LogP contribution in [-0.2, 0) is 0 Å². The maximum atomic E-state index is 3.68. The van der Waals surface area contributed by atoms with Gasteiger partial charge in [-0.15, -0.1) is 5.73 Å². The van der Waals surface area contributed by atoms with Crippen LogP contribution in [-0.4, -0.2) is 32.2 Å². The number of hydrogen-bond acceptors (Lipinski definition) is 0. The summed E-state index contributed by atoms with van der Waals surface area (Å²) in [6.45, 7) is 7.07. The highest BCUT2D eigenvalue weighted by atomic mass is 15.3. The molecule has 0 aromatic heterocycles. The number of hydrogen-bond donors (Lipinski definition) is 0. The summed E-state index contributed by atoms with van der Waals surface area (Å²) in [6.07, 6.45) is 3.51. The van der Waals surface area contributed by atoms with E-state index in [2.05, 4.69) is 40.4 Å². The largest absolute Gasteiger partial charge is 0.331 e. The molecule has 0 radical (unpaired) electrons. The first kappa shape index (κ1) is 11.5. The Balaban J connectivity index is 3.63. The van der Waals surface area contributed by atoms with Gasteiger partial charge in [0.2, 0.25) is 0 Å². The number of quaternary nitrogens is 1. The van der Waals surface area contributed by atoms with E-state index in [0.717, 1.165) is 17.3 Å². The van der Waals surface area contributed by atoms with Crippen LogP contribution in [0, 0.1) is 0 Å². The average Bonchev–Trinajstić information content (AvgIpc) is 1.96. The van der Waals surface area contributed by atoms with E-state index in [4.69, 9.17) is 0 Å². The second-order valence-corrected chi connectivity index (χ2v) is 4.25. The molecule has 0 amide bonds. The third-order valence-corrected chi connectivity index (χ3v) is 1.98. The third kappa shape index (κ3) is 6.21. The summed E-state index contributed by atoms with van der Waals surface area (Å²) in [4.78, 5) is 0. The van der Waals surface area contributed by atoms with Crippen molar-refractivity contribution in [2.45, 2.75) is 26.2 Å². The molecule has 1 nitrogen and oxygen atoms in total. The second kappa shape index (κ2) is 5.18. The van der Waals surface area contributed by atoms with Gasteiger partial charge in [0.25, 0.3) is 0 Å². The summed E-state index contributed by atoms with van der Waals surface area (Å²) in [7, 11) is 6.68. The summed E-state index contributed by atoms with van der Waals surface area (Å²) in [5.41, 5.74) is 4.36. The molecule has 0 heterocycles. The van der Waals surface area contributed by atoms with E-state index >= 15 is 0 Å². The van der Waals surface area contributed by atoms with Crippen LogP contribution in [0.15, 0.2) is 17.9 Å². The Bertz CT molecular complexity index is 168. The van der Waals surface area contributed by atoms with Crippen molar-refractivity contribution in [1.29, 1.82) is 0 Å². The fraction of sp³-hybridized carbons (Fsp3) is 0.727. The molecule has 0 bridgehead atoms. The van der Waals surface area contributed by atoms with E-state index in [1.807, 2.05) is 0 Å². The van der Waals surface area contributed by atoms with Gasteiger partial charge < -0.3 is 4.48 Å². The van der Waals surface area contributed by atoms with Gasteiger partial charge in [-0.25, -0.2) is 0 Å². The summed E-state index contributed by atoms with van der Waals surface area (Å²) in [5.74, 6) is 0. The van der Waals surface area contributed by atoms with E-state index < -0.39 is 0 Å². The van der Waals surface area contributed by atoms with Crippen LogP contribution in [0.4, 0.5) is 0 Å². The standard InChI is InChI=1S/C11H22N/c1-6-11(7-2)9-8-10-12(3,4)5/h1,7-10H2,2-5H3/q+1. The molecule has 70 valence electrons. The van der Waals surface area contributed by atoms with Crippen molar-refractivity contribution < 1.29 is 4.48 Å². The van der Waals surface area contributed by atoms with Gasteiger partial charge >= 0.3 is 0 Å². The lowest BCUT2D eigenvalue weighted by Crippen LogP contribution is -2.35. The van der Waals surface area contributed by atoms with Gasteiger partial charge in [0.1, 0.15) is 0 Å². The normalized spacial score (nSPS) is 11.0. The molecule has 0 saturated carbocycles. The molecular formula is C11H22N+. The van der Waals surface area contributed by atoms with Crippen LogP contribution in [0.5, 0.6) is 0 Å². The molecule has 0 unspecified atom stereocenters. The highest BCUT2D eigenvalue weighted by molar-refractivity contribution is 4.97. The molecule has 0 aromatic rings. The van der Waals surface area contributed by atoms with Gasteiger partial charge in [-0.05, 0) is 18.4 Å². The molecule has 0 saturated heterocycles. The minimum absolute atomic E-state index is 1.05. The zero-order chi connectivity index (χ0) is 9.61. The molecule has 0 aliphatic rings. The fourth-order valence-electron chi connectivity index (χ4n) is 1.16. The molecule has 0 atom stereocenters. The van der Waals surface area contributed by atoms with Gasteiger partial charge in [-0.3, -0.25) is 0 Å². The van der Waals surface area contributed by atoms with Crippen molar-refractivity contribution in [1.82, 2.24) is 0 Å². The summed E-state index contributed by atoms with van der Waals surface area (Å²) in [6, 6.07) is 0. The zero-order valence-electron chi connectivity index (χ0n) is 8.98. The Morgan fingerprint density at radius 3 is 2.25 bits per heavy atom. The minimum Gasteiger partial charge on any atom is -0.331 e. The van der Waals surface area contributed by atoms with Crippen LogP contribution >= 0.6 is 0 Å². The quantitative estimate of drug-likeness (QED) is 0.437. The second-order valence-electron chi connectivity index (χ2n) is 4.25. The number of nitrogens with zero attached hydrogens (tertiary/aromatic N) is 1. The van der Waals surface area contributed by atoms with E-state index in [1.165, 1.54) is 18.5 Å². The summed E-state index contributed by atoms with van der Waals surface area (Å²) in [5, 5.41) is 0. The number of rotatable bonds is 5. The van der Waals surface area contributed by atoms with Crippen LogP contribution in [0.25, 0.3) is 0 Å². The van der Waals surface area contributed by atoms with Gasteiger partial charge in [-0.1, -0.05) is 13.5 Å². The number of allylic oxidation sites excluding steroid dienone is 1. The van der Waals surface area contributed by atoms with Crippen LogP contribution < -0.4 is 0 Å². The van der Waals surface area contributed by atoms with Crippen molar-refractivity contribution in [3.63, 3.8) is 0 Å². The van der Waals surface area contributed by atoms with E-state index in [-0.39, 0.29) is 0 Å². The van der Waals surface area contributed by atoms with E-state index in [9.17, 15) is 0 Å². The first-order valence-corrected chi connectivity index (χ1v) is 4.68. The van der Waals surface area contributed by atoms with Gasteiger partial charge in [0.15, 0.2) is 0 Å². The summed E-state index contributed by atoms with van der Waals surface area (Å²) < 4.78 is 1.05. The highest BCUT2D eigenvalue weighted by Gasteiger charge is 2.05. The molecule has 0 aliphatic heterocycles. The van der Waals surface area contributed by atoms with Crippen molar-refractivity contribution in [2.75, 3.05) is 27.7 Å². The van der Waals surface area contributed by atoms with Crippen molar-refractivity contribution in [2.24, 2.45) is 0 Å². The van der Waals surface area contributed by atoms with Crippen molar-refractivity contribution in [3.05, 3.63) is 17.9 Å². The Kier molecular flexibility index (Phi) is 4.96.